The highest BCUT2D eigenvalue weighted by Gasteiger charge is 2.44. The lowest BCUT2D eigenvalue weighted by atomic mass is 9.94. The molecule has 188 valence electrons. The Morgan fingerprint density at radius 3 is 2.47 bits per heavy atom. The van der Waals surface area contributed by atoms with E-state index >= 15 is 0 Å². The van der Waals surface area contributed by atoms with Crippen LogP contribution in [-0.4, -0.2) is 54.2 Å². The van der Waals surface area contributed by atoms with Gasteiger partial charge in [0.1, 0.15) is 0 Å². The molecule has 0 bridgehead atoms. The smallest absolute Gasteiger partial charge is 0.290 e. The number of aliphatic hydroxyl groups is 1. The molecular weight excluding hydrogens is 466 g/mol. The first kappa shape index (κ1) is 24.7. The van der Waals surface area contributed by atoms with Crippen molar-refractivity contribution in [3.8, 4) is 23.0 Å². The third-order valence-electron chi connectivity index (χ3n) is 5.98. The number of rotatable bonds is 10. The Morgan fingerprint density at radius 2 is 1.81 bits per heavy atom. The number of ketones is 1. The number of aliphatic hydroxyl groups excluding tert-OH is 1. The summed E-state index contributed by atoms with van der Waals surface area (Å²) in [6.07, 6.45) is 1.76. The maximum absolute atomic E-state index is 13.3. The number of amides is 1. The van der Waals surface area contributed by atoms with Crippen molar-refractivity contribution in [2.24, 2.45) is 0 Å². The summed E-state index contributed by atoms with van der Waals surface area (Å²) in [6, 6.07) is 12.1. The Kier molecular flexibility index (Phi) is 7.19. The number of phenols is 1. The standard InChI is InChI=1S/C27H27NO8/c1-4-35-21-15-17(8-9-18(21)29)24-23(25(30)20-6-5-13-36-20)26(31)27(32)28(24)12-11-16-7-10-19(33-2)22(14-16)34-3/h5-10,13-15,24,29,31H,4,11-12H2,1-3H3. The quantitative estimate of drug-likeness (QED) is 0.403. The summed E-state index contributed by atoms with van der Waals surface area (Å²) in [4.78, 5) is 27.9. The van der Waals surface area contributed by atoms with Crippen LogP contribution in [0.1, 0.15) is 34.6 Å². The predicted molar refractivity (Wildman–Crippen MR) is 130 cm³/mol. The number of furan rings is 1. The van der Waals surface area contributed by atoms with E-state index in [9.17, 15) is 19.8 Å². The summed E-state index contributed by atoms with van der Waals surface area (Å²) in [5.74, 6) is -0.660. The van der Waals surface area contributed by atoms with Gasteiger partial charge in [0, 0.05) is 6.54 Å². The molecule has 0 spiro atoms. The minimum absolute atomic E-state index is 0.0000919. The maximum atomic E-state index is 13.3. The molecular formula is C27H27NO8. The van der Waals surface area contributed by atoms with Gasteiger partial charge in [0.25, 0.3) is 5.91 Å². The number of ether oxygens (including phenoxy) is 3. The molecule has 1 atom stereocenters. The second kappa shape index (κ2) is 10.5. The molecule has 2 N–H and O–H groups in total. The number of hydrogen-bond donors (Lipinski definition) is 2. The van der Waals surface area contributed by atoms with Gasteiger partial charge in [-0.3, -0.25) is 9.59 Å². The van der Waals surface area contributed by atoms with Gasteiger partial charge >= 0.3 is 0 Å². The first-order chi connectivity index (χ1) is 17.4. The Bertz CT molecular complexity index is 1300. The molecule has 0 saturated heterocycles. The van der Waals surface area contributed by atoms with Gasteiger partial charge in [-0.05, 0) is 60.9 Å². The molecule has 2 heterocycles. The molecule has 1 unspecified atom stereocenters. The van der Waals surface area contributed by atoms with Gasteiger partial charge in [-0.2, -0.15) is 0 Å². The topological polar surface area (TPSA) is 119 Å². The molecule has 1 aliphatic rings. The molecule has 1 amide bonds. The normalized spacial score (nSPS) is 15.4. The van der Waals surface area contributed by atoms with Gasteiger partial charge in [-0.25, -0.2) is 0 Å². The summed E-state index contributed by atoms with van der Waals surface area (Å²) >= 11 is 0. The van der Waals surface area contributed by atoms with Gasteiger partial charge in [-0.15, -0.1) is 0 Å². The lowest BCUT2D eigenvalue weighted by molar-refractivity contribution is -0.129. The predicted octanol–water partition coefficient (Wildman–Crippen LogP) is 4.22. The van der Waals surface area contributed by atoms with Gasteiger partial charge in [-0.1, -0.05) is 12.1 Å². The zero-order valence-electron chi connectivity index (χ0n) is 20.2. The lowest BCUT2D eigenvalue weighted by Gasteiger charge is -2.27. The maximum Gasteiger partial charge on any atom is 0.290 e. The summed E-state index contributed by atoms with van der Waals surface area (Å²) in [6.45, 7) is 2.27. The monoisotopic (exact) mass is 493 g/mol. The zero-order valence-corrected chi connectivity index (χ0v) is 20.2. The minimum Gasteiger partial charge on any atom is -0.504 e. The number of nitrogens with zero attached hydrogens (tertiary/aromatic N) is 1. The Hall–Kier alpha value is -4.40. The van der Waals surface area contributed by atoms with E-state index in [4.69, 9.17) is 18.6 Å². The van der Waals surface area contributed by atoms with Crippen LogP contribution < -0.4 is 14.2 Å². The molecule has 1 aromatic heterocycles. The molecule has 0 saturated carbocycles. The largest absolute Gasteiger partial charge is 0.504 e. The van der Waals surface area contributed by atoms with Crippen LogP contribution in [0.15, 0.2) is 70.5 Å². The van der Waals surface area contributed by atoms with Crippen LogP contribution in [-0.2, 0) is 11.2 Å². The fourth-order valence-electron chi connectivity index (χ4n) is 4.26. The van der Waals surface area contributed by atoms with Crippen molar-refractivity contribution in [2.45, 2.75) is 19.4 Å². The van der Waals surface area contributed by atoms with E-state index in [-0.39, 0.29) is 29.4 Å². The molecule has 4 rings (SSSR count). The summed E-state index contributed by atoms with van der Waals surface area (Å²) in [5.41, 5.74) is 1.26. The van der Waals surface area contributed by atoms with Crippen molar-refractivity contribution in [1.29, 1.82) is 0 Å². The second-order valence-electron chi connectivity index (χ2n) is 8.07. The highest BCUT2D eigenvalue weighted by atomic mass is 16.5. The molecule has 0 radical (unpaired) electrons. The van der Waals surface area contributed by atoms with E-state index in [1.54, 1.807) is 38.3 Å². The first-order valence-electron chi connectivity index (χ1n) is 11.4. The SMILES string of the molecule is CCOc1cc(C2C(C(=O)c3ccco3)=C(O)C(=O)N2CCc2ccc(OC)c(OC)c2)ccc1O. The van der Waals surface area contributed by atoms with E-state index < -0.39 is 23.5 Å². The van der Waals surface area contributed by atoms with Crippen molar-refractivity contribution >= 4 is 11.7 Å². The number of carbonyl (C=O) groups excluding carboxylic acids is 2. The number of aromatic hydroxyl groups is 1. The highest BCUT2D eigenvalue weighted by Crippen LogP contribution is 2.41. The molecule has 9 heteroatoms. The third kappa shape index (κ3) is 4.59. The van der Waals surface area contributed by atoms with Crippen LogP contribution in [0.4, 0.5) is 0 Å². The van der Waals surface area contributed by atoms with Crippen molar-refractivity contribution in [1.82, 2.24) is 4.90 Å². The zero-order chi connectivity index (χ0) is 25.8. The van der Waals surface area contributed by atoms with Crippen LogP contribution in [0.25, 0.3) is 0 Å². The lowest BCUT2D eigenvalue weighted by Crippen LogP contribution is -2.33. The van der Waals surface area contributed by atoms with Crippen LogP contribution in [0.3, 0.4) is 0 Å². The summed E-state index contributed by atoms with van der Waals surface area (Å²) < 4.78 is 21.4. The number of phenolic OH excluding ortho intramolecular Hbond substituents is 1. The van der Waals surface area contributed by atoms with E-state index in [0.717, 1.165) is 5.56 Å². The third-order valence-corrected chi connectivity index (χ3v) is 5.98. The molecule has 2 aromatic carbocycles. The number of Topliss-reactive ketones (excluding diaryl/α,β-unsaturated/α-hetero) is 1. The van der Waals surface area contributed by atoms with E-state index in [1.807, 2.05) is 12.1 Å². The van der Waals surface area contributed by atoms with Crippen molar-refractivity contribution in [3.63, 3.8) is 0 Å². The molecule has 9 nitrogen and oxygen atoms in total. The number of hydrogen-bond acceptors (Lipinski definition) is 8. The number of carbonyl (C=O) groups is 2. The number of benzene rings is 2. The average molecular weight is 494 g/mol. The molecule has 0 fully saturated rings. The molecule has 3 aromatic rings. The van der Waals surface area contributed by atoms with Crippen LogP contribution >= 0.6 is 0 Å². The van der Waals surface area contributed by atoms with Crippen LogP contribution in [0.2, 0.25) is 0 Å². The van der Waals surface area contributed by atoms with Crippen LogP contribution in [0, 0.1) is 0 Å². The summed E-state index contributed by atoms with van der Waals surface area (Å²) in [7, 11) is 3.09. The van der Waals surface area contributed by atoms with E-state index in [0.29, 0.717) is 30.1 Å². The average Bonchev–Trinajstić information content (AvgIpc) is 3.51. The molecule has 1 aliphatic heterocycles. The van der Waals surface area contributed by atoms with Gasteiger partial charge in [0.2, 0.25) is 5.78 Å². The summed E-state index contributed by atoms with van der Waals surface area (Å²) in [5, 5.41) is 21.0. The fraction of sp³-hybridized carbons (Fsp3) is 0.259. The van der Waals surface area contributed by atoms with Crippen LogP contribution in [0.5, 0.6) is 23.0 Å². The van der Waals surface area contributed by atoms with Gasteiger partial charge in [0.05, 0.1) is 38.7 Å². The van der Waals surface area contributed by atoms with Crippen molar-refractivity contribution in [2.75, 3.05) is 27.4 Å². The molecule has 36 heavy (non-hydrogen) atoms. The van der Waals surface area contributed by atoms with E-state index in [1.165, 1.54) is 30.4 Å². The Labute approximate surface area is 208 Å². The first-order valence-corrected chi connectivity index (χ1v) is 11.4. The van der Waals surface area contributed by atoms with Gasteiger partial charge < -0.3 is 33.7 Å². The van der Waals surface area contributed by atoms with Gasteiger partial charge in [0.15, 0.2) is 34.5 Å². The number of methoxy groups -OCH3 is 2. The fourth-order valence-corrected chi connectivity index (χ4v) is 4.26. The highest BCUT2D eigenvalue weighted by molar-refractivity contribution is 6.15. The second-order valence-corrected chi connectivity index (χ2v) is 8.07. The van der Waals surface area contributed by atoms with Crippen molar-refractivity contribution < 1.29 is 38.4 Å². The minimum atomic E-state index is -0.921. The molecule has 0 aliphatic carbocycles. The Balaban J connectivity index is 1.72. The Morgan fingerprint density at radius 1 is 1.03 bits per heavy atom. The van der Waals surface area contributed by atoms with E-state index in [2.05, 4.69) is 0 Å². The van der Waals surface area contributed by atoms with Crippen molar-refractivity contribution in [3.05, 3.63) is 83.0 Å².